The summed E-state index contributed by atoms with van der Waals surface area (Å²) >= 11 is 15.2. The van der Waals surface area contributed by atoms with E-state index in [2.05, 4.69) is 0 Å². The van der Waals surface area contributed by atoms with Crippen LogP contribution < -0.4 is 21.4 Å². The number of aromatic hydroxyl groups is 1. The molecule has 2 aromatic carbocycles. The number of thiazole rings is 2. The molecule has 0 saturated carbocycles. The summed E-state index contributed by atoms with van der Waals surface area (Å²) in [5.41, 5.74) is 1.88. The van der Waals surface area contributed by atoms with Gasteiger partial charge < -0.3 is 22.1 Å². The van der Waals surface area contributed by atoms with E-state index in [-0.39, 0.29) is 22.9 Å². The molecule has 0 fully saturated rings. The Kier molecular flexibility index (Phi) is 4.36. The summed E-state index contributed by atoms with van der Waals surface area (Å²) in [4.78, 5) is 0.833. The third kappa shape index (κ3) is 2.51. The molecule has 0 atom stereocenters. The number of hydrogen-bond acceptors (Lipinski definition) is 3. The first-order chi connectivity index (χ1) is 10.1. The fourth-order valence-electron chi connectivity index (χ4n) is 2.28. The largest absolute Gasteiger partial charge is 1.00 e. The molecule has 0 spiro atoms. The molecular formula is C15H8BrCl2NOS2. The minimum atomic E-state index is 0. The second-order valence-electron chi connectivity index (χ2n) is 4.58. The van der Waals surface area contributed by atoms with Crippen LogP contribution in [-0.2, 0) is 0 Å². The predicted molar refractivity (Wildman–Crippen MR) is 90.0 cm³/mol. The molecule has 0 aliphatic heterocycles. The Morgan fingerprint density at radius 2 is 1.59 bits per heavy atom. The zero-order chi connectivity index (χ0) is 14.6. The SMILES string of the molecule is Oc1c(-c2ccc(Cl)cc2)sc2sc3ccc(Cl)cc3[n+]12.[Br-]. The lowest BCUT2D eigenvalue weighted by molar-refractivity contribution is -0.484. The van der Waals surface area contributed by atoms with Gasteiger partial charge in [-0.2, -0.15) is 0 Å². The molecule has 2 aromatic heterocycles. The maximum atomic E-state index is 10.6. The highest BCUT2D eigenvalue weighted by molar-refractivity contribution is 7.39. The van der Waals surface area contributed by atoms with Crippen LogP contribution in [0.15, 0.2) is 42.5 Å². The average Bonchev–Trinajstić information content (AvgIpc) is 2.97. The molecule has 7 heteroatoms. The molecule has 0 radical (unpaired) electrons. The first-order valence-corrected chi connectivity index (χ1v) is 8.54. The molecule has 0 amide bonds. The first-order valence-electron chi connectivity index (χ1n) is 6.15. The Bertz CT molecular complexity index is 979. The number of halogens is 3. The molecule has 0 aliphatic carbocycles. The van der Waals surface area contributed by atoms with E-state index in [0.29, 0.717) is 10.0 Å². The Hall–Kier alpha value is -0.850. The van der Waals surface area contributed by atoms with E-state index >= 15 is 0 Å². The van der Waals surface area contributed by atoms with Gasteiger partial charge in [0.2, 0.25) is 5.52 Å². The minimum Gasteiger partial charge on any atom is -1.00 e. The molecular weight excluding hydrogens is 425 g/mol. The normalized spacial score (nSPS) is 11.0. The standard InChI is InChI=1S/C15H7Cl2NOS2.BrH/c16-9-3-1-8(2-4-9)13-14(19)18-11-7-10(17)5-6-12(11)20-15(18)21-13;/h1-7H;1H. The third-order valence-corrected chi connectivity index (χ3v) is 6.14. The third-order valence-electron chi connectivity index (χ3n) is 3.25. The highest BCUT2D eigenvalue weighted by Gasteiger charge is 2.27. The maximum Gasteiger partial charge on any atom is 0.391 e. The van der Waals surface area contributed by atoms with Crippen LogP contribution in [0.4, 0.5) is 0 Å². The fourth-order valence-corrected chi connectivity index (χ4v) is 5.00. The summed E-state index contributed by atoms with van der Waals surface area (Å²) in [5.74, 6) is 0.242. The van der Waals surface area contributed by atoms with Crippen molar-refractivity contribution in [1.82, 2.24) is 0 Å². The van der Waals surface area contributed by atoms with Crippen LogP contribution >= 0.6 is 45.9 Å². The van der Waals surface area contributed by atoms with Crippen molar-refractivity contribution in [3.05, 3.63) is 52.5 Å². The molecule has 1 N–H and O–H groups in total. The van der Waals surface area contributed by atoms with Gasteiger partial charge in [0.15, 0.2) is 4.88 Å². The van der Waals surface area contributed by atoms with E-state index in [1.807, 2.05) is 46.9 Å². The lowest BCUT2D eigenvalue weighted by atomic mass is 10.2. The van der Waals surface area contributed by atoms with Gasteiger partial charge in [-0.3, -0.25) is 0 Å². The van der Waals surface area contributed by atoms with E-state index in [0.717, 1.165) is 24.8 Å². The molecule has 0 aliphatic rings. The minimum absolute atomic E-state index is 0. The Morgan fingerprint density at radius 1 is 0.909 bits per heavy atom. The van der Waals surface area contributed by atoms with Crippen molar-refractivity contribution in [1.29, 1.82) is 0 Å². The van der Waals surface area contributed by atoms with Gasteiger partial charge in [0.1, 0.15) is 4.70 Å². The smallest absolute Gasteiger partial charge is 0.391 e. The van der Waals surface area contributed by atoms with E-state index < -0.39 is 0 Å². The zero-order valence-corrected chi connectivity index (χ0v) is 15.6. The van der Waals surface area contributed by atoms with Crippen LogP contribution in [0.2, 0.25) is 10.0 Å². The van der Waals surface area contributed by atoms with Gasteiger partial charge in [0.05, 0.1) is 0 Å². The quantitative estimate of drug-likeness (QED) is 0.459. The van der Waals surface area contributed by atoms with E-state index in [1.165, 1.54) is 0 Å². The van der Waals surface area contributed by atoms with Gasteiger partial charge in [-0.05, 0) is 35.6 Å². The summed E-state index contributed by atoms with van der Waals surface area (Å²) in [6.07, 6.45) is 0. The van der Waals surface area contributed by atoms with Crippen LogP contribution in [0.1, 0.15) is 0 Å². The van der Waals surface area contributed by atoms with Crippen LogP contribution in [0.3, 0.4) is 0 Å². The number of rotatable bonds is 1. The summed E-state index contributed by atoms with van der Waals surface area (Å²) in [5, 5.41) is 11.9. The topological polar surface area (TPSA) is 24.3 Å². The van der Waals surface area contributed by atoms with E-state index in [9.17, 15) is 5.11 Å². The maximum absolute atomic E-state index is 10.6. The van der Waals surface area contributed by atoms with Crippen LogP contribution in [0.25, 0.3) is 24.8 Å². The molecule has 2 heterocycles. The highest BCUT2D eigenvalue weighted by atomic mass is 79.9. The molecule has 2 nitrogen and oxygen atoms in total. The van der Waals surface area contributed by atoms with Gasteiger partial charge in [-0.15, -0.1) is 4.40 Å². The summed E-state index contributed by atoms with van der Waals surface area (Å²) < 4.78 is 3.97. The van der Waals surface area contributed by atoms with Crippen LogP contribution in [0, 0.1) is 0 Å². The Balaban J connectivity index is 0.00000144. The lowest BCUT2D eigenvalue weighted by Crippen LogP contribution is -3.00. The van der Waals surface area contributed by atoms with Gasteiger partial charge in [-0.25, -0.2) is 0 Å². The Morgan fingerprint density at radius 3 is 2.32 bits per heavy atom. The molecule has 0 bridgehead atoms. The second kappa shape index (κ2) is 5.98. The number of benzene rings is 2. The molecule has 22 heavy (non-hydrogen) atoms. The fraction of sp³-hybridized carbons (Fsp3) is 0. The number of aromatic nitrogens is 1. The molecule has 4 rings (SSSR count). The zero-order valence-electron chi connectivity index (χ0n) is 10.9. The van der Waals surface area contributed by atoms with Gasteiger partial charge in [0, 0.05) is 21.7 Å². The van der Waals surface area contributed by atoms with Crippen molar-refractivity contribution in [3.8, 4) is 16.3 Å². The second-order valence-corrected chi connectivity index (χ2v) is 7.74. The van der Waals surface area contributed by atoms with Gasteiger partial charge >= 0.3 is 10.0 Å². The number of fused-ring (bicyclic) bond motifs is 3. The van der Waals surface area contributed by atoms with Crippen molar-refractivity contribution in [2.75, 3.05) is 0 Å². The van der Waals surface area contributed by atoms with Gasteiger partial charge in [-0.1, -0.05) is 46.7 Å². The van der Waals surface area contributed by atoms with E-state index in [4.69, 9.17) is 23.2 Å². The van der Waals surface area contributed by atoms with Crippen molar-refractivity contribution >= 4 is 60.2 Å². The lowest BCUT2D eigenvalue weighted by Gasteiger charge is -1.95. The van der Waals surface area contributed by atoms with Crippen molar-refractivity contribution < 1.29 is 26.5 Å². The monoisotopic (exact) mass is 431 g/mol. The number of hydrogen-bond donors (Lipinski definition) is 1. The van der Waals surface area contributed by atoms with E-state index in [1.54, 1.807) is 22.7 Å². The molecule has 112 valence electrons. The average molecular weight is 433 g/mol. The molecule has 0 saturated heterocycles. The van der Waals surface area contributed by atoms with Crippen molar-refractivity contribution in [2.24, 2.45) is 0 Å². The molecule has 4 aromatic rings. The van der Waals surface area contributed by atoms with Crippen LogP contribution in [-0.4, -0.2) is 5.11 Å². The summed E-state index contributed by atoms with van der Waals surface area (Å²) in [7, 11) is 0. The summed E-state index contributed by atoms with van der Waals surface area (Å²) in [6.45, 7) is 0. The van der Waals surface area contributed by atoms with Crippen LogP contribution in [0.5, 0.6) is 5.88 Å². The van der Waals surface area contributed by atoms with Crippen molar-refractivity contribution in [3.63, 3.8) is 0 Å². The highest BCUT2D eigenvalue weighted by Crippen LogP contribution is 2.39. The van der Waals surface area contributed by atoms with Gasteiger partial charge in [0.25, 0.3) is 0 Å². The number of nitrogens with zero attached hydrogens (tertiary/aromatic N) is 1. The van der Waals surface area contributed by atoms with Crippen molar-refractivity contribution in [2.45, 2.75) is 0 Å². The molecule has 0 unspecified atom stereocenters. The first kappa shape index (κ1) is 16.0. The Labute approximate surface area is 154 Å². The predicted octanol–water partition coefficient (Wildman–Crippen LogP) is 2.38. The summed E-state index contributed by atoms with van der Waals surface area (Å²) in [6, 6.07) is 13.2.